The lowest BCUT2D eigenvalue weighted by Gasteiger charge is -2.11. The summed E-state index contributed by atoms with van der Waals surface area (Å²) in [6.45, 7) is 2.11. The van der Waals surface area contributed by atoms with Gasteiger partial charge in [0.15, 0.2) is 0 Å². The van der Waals surface area contributed by atoms with Crippen LogP contribution in [0.1, 0.15) is 17.3 Å². The molecule has 0 amide bonds. The summed E-state index contributed by atoms with van der Waals surface area (Å²) in [6, 6.07) is 0.967. The van der Waals surface area contributed by atoms with Gasteiger partial charge in [-0.25, -0.2) is 9.78 Å². The first kappa shape index (κ1) is 13.8. The number of ether oxygens (including phenoxy) is 1. The standard InChI is InChI=1S/C10H13N3O5/c1-6(18-2)4-11-9-8(13(16)17)3-7(5-12-9)10(14)15/h3,5-6H,4H2,1-2H3,(H,11,12)(H,14,15). The highest BCUT2D eigenvalue weighted by atomic mass is 16.6. The minimum absolute atomic E-state index is 0.0221. The molecule has 1 rings (SSSR count). The Morgan fingerprint density at radius 2 is 2.39 bits per heavy atom. The molecule has 1 aromatic rings. The van der Waals surface area contributed by atoms with Crippen molar-refractivity contribution in [3.8, 4) is 0 Å². The molecule has 0 aliphatic heterocycles. The molecule has 18 heavy (non-hydrogen) atoms. The number of methoxy groups -OCH3 is 1. The van der Waals surface area contributed by atoms with Gasteiger partial charge in [-0.3, -0.25) is 10.1 Å². The Kier molecular flexibility index (Phi) is 4.55. The van der Waals surface area contributed by atoms with Crippen LogP contribution in [0.25, 0.3) is 0 Å². The molecule has 1 heterocycles. The average Bonchev–Trinajstić information content (AvgIpc) is 2.35. The summed E-state index contributed by atoms with van der Waals surface area (Å²) in [5, 5.41) is 22.3. The molecule has 8 nitrogen and oxygen atoms in total. The Hall–Kier alpha value is -2.22. The Labute approximate surface area is 103 Å². The number of aromatic nitrogens is 1. The first-order chi connectivity index (χ1) is 8.45. The third-order valence-electron chi connectivity index (χ3n) is 2.27. The van der Waals surface area contributed by atoms with Gasteiger partial charge < -0.3 is 15.2 Å². The molecule has 2 N–H and O–H groups in total. The van der Waals surface area contributed by atoms with Crippen LogP contribution in [0.2, 0.25) is 0 Å². The van der Waals surface area contributed by atoms with Crippen LogP contribution in [-0.4, -0.2) is 40.7 Å². The van der Waals surface area contributed by atoms with Crippen molar-refractivity contribution < 1.29 is 19.6 Å². The van der Waals surface area contributed by atoms with Crippen molar-refractivity contribution in [2.45, 2.75) is 13.0 Å². The summed E-state index contributed by atoms with van der Waals surface area (Å²) in [4.78, 5) is 24.6. The number of carbonyl (C=O) groups is 1. The highest BCUT2D eigenvalue weighted by molar-refractivity contribution is 5.88. The first-order valence-corrected chi connectivity index (χ1v) is 5.10. The highest BCUT2D eigenvalue weighted by Gasteiger charge is 2.19. The van der Waals surface area contributed by atoms with Crippen LogP contribution >= 0.6 is 0 Å². The Morgan fingerprint density at radius 1 is 1.72 bits per heavy atom. The monoisotopic (exact) mass is 255 g/mol. The number of nitro groups is 1. The van der Waals surface area contributed by atoms with E-state index in [0.29, 0.717) is 6.54 Å². The predicted octanol–water partition coefficient (Wildman–Crippen LogP) is 1.13. The number of nitrogens with one attached hydrogen (secondary N) is 1. The second-order valence-electron chi connectivity index (χ2n) is 3.58. The van der Waals surface area contributed by atoms with Crippen molar-refractivity contribution in [3.63, 3.8) is 0 Å². The molecule has 8 heteroatoms. The smallest absolute Gasteiger partial charge is 0.337 e. The van der Waals surface area contributed by atoms with Gasteiger partial charge >= 0.3 is 11.7 Å². The number of hydrogen-bond acceptors (Lipinski definition) is 6. The van der Waals surface area contributed by atoms with E-state index < -0.39 is 10.9 Å². The van der Waals surface area contributed by atoms with Crippen LogP contribution < -0.4 is 5.32 Å². The van der Waals surface area contributed by atoms with Crippen LogP contribution in [0.5, 0.6) is 0 Å². The van der Waals surface area contributed by atoms with Crippen molar-refractivity contribution in [2.24, 2.45) is 0 Å². The number of carboxylic acid groups (broad SMARTS) is 1. The number of hydrogen-bond donors (Lipinski definition) is 2. The summed E-state index contributed by atoms with van der Waals surface area (Å²) in [5.74, 6) is -1.24. The number of aromatic carboxylic acids is 1. The number of nitrogens with zero attached hydrogens (tertiary/aromatic N) is 2. The Morgan fingerprint density at radius 3 is 2.89 bits per heavy atom. The lowest BCUT2D eigenvalue weighted by atomic mass is 10.2. The molecule has 0 saturated heterocycles. The number of carboxylic acids is 1. The van der Waals surface area contributed by atoms with Crippen LogP contribution in [-0.2, 0) is 4.74 Å². The normalized spacial score (nSPS) is 11.9. The van der Waals surface area contributed by atoms with Crippen molar-refractivity contribution >= 4 is 17.5 Å². The maximum atomic E-state index is 10.8. The second kappa shape index (κ2) is 5.92. The van der Waals surface area contributed by atoms with Crippen molar-refractivity contribution in [1.82, 2.24) is 4.98 Å². The predicted molar refractivity (Wildman–Crippen MR) is 62.8 cm³/mol. The SMILES string of the molecule is COC(C)CNc1ncc(C(=O)O)cc1[N+](=O)[O-]. The van der Waals surface area contributed by atoms with Gasteiger partial charge in [0.2, 0.25) is 5.82 Å². The van der Waals surface area contributed by atoms with E-state index in [1.807, 2.05) is 0 Å². The molecule has 98 valence electrons. The molecular weight excluding hydrogens is 242 g/mol. The van der Waals surface area contributed by atoms with E-state index in [1.54, 1.807) is 6.92 Å². The molecule has 0 saturated carbocycles. The van der Waals surface area contributed by atoms with E-state index >= 15 is 0 Å². The molecule has 0 bridgehead atoms. The second-order valence-corrected chi connectivity index (χ2v) is 3.58. The minimum atomic E-state index is -1.26. The molecule has 0 radical (unpaired) electrons. The lowest BCUT2D eigenvalue weighted by Crippen LogP contribution is -2.19. The van der Waals surface area contributed by atoms with Crippen LogP contribution in [0.15, 0.2) is 12.3 Å². The molecule has 0 fully saturated rings. The van der Waals surface area contributed by atoms with E-state index in [9.17, 15) is 14.9 Å². The van der Waals surface area contributed by atoms with E-state index in [1.165, 1.54) is 7.11 Å². The summed E-state index contributed by atoms with van der Waals surface area (Å²) < 4.78 is 4.98. The third kappa shape index (κ3) is 3.39. The maximum absolute atomic E-state index is 10.8. The molecule has 1 atom stereocenters. The number of rotatable bonds is 6. The van der Waals surface area contributed by atoms with Gasteiger partial charge in [0.1, 0.15) is 0 Å². The van der Waals surface area contributed by atoms with Gasteiger partial charge in [-0.2, -0.15) is 0 Å². The number of pyridine rings is 1. The van der Waals surface area contributed by atoms with Gasteiger partial charge in [-0.05, 0) is 6.92 Å². The fourth-order valence-electron chi connectivity index (χ4n) is 1.17. The van der Waals surface area contributed by atoms with Crippen LogP contribution in [0.4, 0.5) is 11.5 Å². The summed E-state index contributed by atoms with van der Waals surface area (Å²) >= 11 is 0. The maximum Gasteiger partial charge on any atom is 0.337 e. The van der Waals surface area contributed by atoms with Crippen molar-refractivity contribution in [2.75, 3.05) is 19.0 Å². The van der Waals surface area contributed by atoms with Gasteiger partial charge in [0.25, 0.3) is 0 Å². The molecule has 0 aliphatic rings. The zero-order chi connectivity index (χ0) is 13.7. The first-order valence-electron chi connectivity index (χ1n) is 5.10. The Balaban J connectivity index is 2.97. The number of anilines is 1. The van der Waals surface area contributed by atoms with Crippen molar-refractivity contribution in [3.05, 3.63) is 27.9 Å². The van der Waals surface area contributed by atoms with Gasteiger partial charge in [-0.15, -0.1) is 0 Å². The zero-order valence-corrected chi connectivity index (χ0v) is 9.91. The minimum Gasteiger partial charge on any atom is -0.478 e. The average molecular weight is 255 g/mol. The van der Waals surface area contributed by atoms with E-state index in [0.717, 1.165) is 12.3 Å². The highest BCUT2D eigenvalue weighted by Crippen LogP contribution is 2.22. The topological polar surface area (TPSA) is 115 Å². The zero-order valence-electron chi connectivity index (χ0n) is 9.91. The quantitative estimate of drug-likeness (QED) is 0.578. The largest absolute Gasteiger partial charge is 0.478 e. The van der Waals surface area contributed by atoms with E-state index in [4.69, 9.17) is 9.84 Å². The fraction of sp³-hybridized carbons (Fsp3) is 0.400. The van der Waals surface area contributed by atoms with Crippen LogP contribution in [0.3, 0.4) is 0 Å². The summed E-state index contributed by atoms with van der Waals surface area (Å²) in [5.41, 5.74) is -0.606. The Bertz CT molecular complexity index is 463. The van der Waals surface area contributed by atoms with E-state index in [2.05, 4.69) is 10.3 Å². The molecule has 0 spiro atoms. The molecule has 0 aromatic carbocycles. The molecular formula is C10H13N3O5. The van der Waals surface area contributed by atoms with Crippen LogP contribution in [0, 0.1) is 10.1 Å². The molecule has 1 aromatic heterocycles. The van der Waals surface area contributed by atoms with Gasteiger partial charge in [-0.1, -0.05) is 0 Å². The lowest BCUT2D eigenvalue weighted by molar-refractivity contribution is -0.384. The molecule has 0 aliphatic carbocycles. The third-order valence-corrected chi connectivity index (χ3v) is 2.27. The fourth-order valence-corrected chi connectivity index (χ4v) is 1.17. The summed E-state index contributed by atoms with van der Waals surface area (Å²) in [6.07, 6.45) is 0.917. The summed E-state index contributed by atoms with van der Waals surface area (Å²) in [7, 11) is 1.52. The van der Waals surface area contributed by atoms with Crippen molar-refractivity contribution in [1.29, 1.82) is 0 Å². The van der Waals surface area contributed by atoms with Gasteiger partial charge in [0.05, 0.1) is 16.6 Å². The van der Waals surface area contributed by atoms with E-state index in [-0.39, 0.29) is 23.2 Å². The molecule has 1 unspecified atom stereocenters. The van der Waals surface area contributed by atoms with Gasteiger partial charge in [0, 0.05) is 25.9 Å².